The van der Waals surface area contributed by atoms with E-state index in [1.807, 2.05) is 13.0 Å². The molecule has 2 aromatic rings. The molecule has 2 rings (SSSR count). The number of aromatic hydroxyl groups is 1. The smallest absolute Gasteiger partial charge is 0.251 e. The van der Waals surface area contributed by atoms with Crippen LogP contribution in [-0.2, 0) is 0 Å². The molecule has 0 spiro atoms. The zero-order valence-electron chi connectivity index (χ0n) is 15.8. The third-order valence-electron chi connectivity index (χ3n) is 4.10. The molecular formula is C21H27NO4. The van der Waals surface area contributed by atoms with Gasteiger partial charge in [-0.2, -0.15) is 0 Å². The van der Waals surface area contributed by atoms with E-state index in [2.05, 4.69) is 19.2 Å². The average molecular weight is 357 g/mol. The zero-order valence-corrected chi connectivity index (χ0v) is 15.8. The molecule has 0 saturated heterocycles. The van der Waals surface area contributed by atoms with Crippen LogP contribution in [0.4, 0.5) is 0 Å². The number of rotatable bonds is 8. The molecule has 0 aromatic heterocycles. The second-order valence-corrected chi connectivity index (χ2v) is 6.69. The van der Waals surface area contributed by atoms with Gasteiger partial charge in [0.2, 0.25) is 0 Å². The summed E-state index contributed by atoms with van der Waals surface area (Å²) in [6.07, 6.45) is 0.951. The van der Waals surface area contributed by atoms with Crippen molar-refractivity contribution in [2.24, 2.45) is 5.92 Å². The molecule has 0 heterocycles. The van der Waals surface area contributed by atoms with E-state index in [4.69, 9.17) is 9.47 Å². The van der Waals surface area contributed by atoms with E-state index in [-0.39, 0.29) is 17.7 Å². The summed E-state index contributed by atoms with van der Waals surface area (Å²) in [5.41, 5.74) is 1.32. The van der Waals surface area contributed by atoms with Crippen LogP contribution in [0.2, 0.25) is 0 Å². The lowest BCUT2D eigenvalue weighted by Gasteiger charge is -2.16. The lowest BCUT2D eigenvalue weighted by Crippen LogP contribution is -2.26. The maximum absolute atomic E-state index is 12.5. The van der Waals surface area contributed by atoms with Crippen molar-refractivity contribution in [2.75, 3.05) is 13.7 Å². The molecule has 0 aliphatic carbocycles. The maximum Gasteiger partial charge on any atom is 0.251 e. The van der Waals surface area contributed by atoms with Crippen molar-refractivity contribution < 1.29 is 19.4 Å². The number of hydrogen-bond acceptors (Lipinski definition) is 4. The molecule has 0 aliphatic heterocycles. The minimum atomic E-state index is -0.234. The van der Waals surface area contributed by atoms with Gasteiger partial charge in [-0.3, -0.25) is 4.79 Å². The third kappa shape index (κ3) is 5.41. The van der Waals surface area contributed by atoms with Crippen molar-refractivity contribution >= 4 is 5.91 Å². The van der Waals surface area contributed by atoms with Crippen molar-refractivity contribution in [3.8, 4) is 17.2 Å². The van der Waals surface area contributed by atoms with Gasteiger partial charge in [-0.15, -0.1) is 0 Å². The summed E-state index contributed by atoms with van der Waals surface area (Å²) in [7, 11) is 1.56. The highest BCUT2D eigenvalue weighted by molar-refractivity contribution is 5.95. The van der Waals surface area contributed by atoms with Crippen LogP contribution in [0.15, 0.2) is 42.5 Å². The standard InChI is InChI=1S/C21H27NO4/c1-14(2)10-11-26-19-9-8-17(13-20(19)25-4)21(24)22-15(3)16-6-5-7-18(23)12-16/h5-9,12-15,23H,10-11H2,1-4H3,(H,22,24). The molecule has 1 atom stereocenters. The monoisotopic (exact) mass is 357 g/mol. The van der Waals surface area contributed by atoms with Gasteiger partial charge in [0.15, 0.2) is 11.5 Å². The number of methoxy groups -OCH3 is 1. The molecule has 1 amide bonds. The van der Waals surface area contributed by atoms with Crippen molar-refractivity contribution in [2.45, 2.75) is 33.2 Å². The molecule has 1 unspecified atom stereocenters. The van der Waals surface area contributed by atoms with Crippen molar-refractivity contribution in [3.05, 3.63) is 53.6 Å². The van der Waals surface area contributed by atoms with Crippen LogP contribution >= 0.6 is 0 Å². The zero-order chi connectivity index (χ0) is 19.1. The summed E-state index contributed by atoms with van der Waals surface area (Å²) in [4.78, 5) is 12.5. The Balaban J connectivity index is 2.06. The van der Waals surface area contributed by atoms with Gasteiger partial charge < -0.3 is 19.9 Å². The SMILES string of the molecule is COc1cc(C(=O)NC(C)c2cccc(O)c2)ccc1OCCC(C)C. The Labute approximate surface area is 155 Å². The second kappa shape index (κ2) is 9.13. The molecule has 0 fully saturated rings. The first-order valence-electron chi connectivity index (χ1n) is 8.81. The Kier molecular flexibility index (Phi) is 6.89. The number of ether oxygens (including phenoxy) is 2. The van der Waals surface area contributed by atoms with Crippen molar-refractivity contribution in [3.63, 3.8) is 0 Å². The first-order chi connectivity index (χ1) is 12.4. The largest absolute Gasteiger partial charge is 0.508 e. The molecule has 0 bridgehead atoms. The fourth-order valence-electron chi connectivity index (χ4n) is 2.49. The van der Waals surface area contributed by atoms with Gasteiger partial charge in [0, 0.05) is 5.56 Å². The molecule has 0 radical (unpaired) electrons. The average Bonchev–Trinajstić information content (AvgIpc) is 2.61. The van der Waals surface area contributed by atoms with Crippen LogP contribution in [0.3, 0.4) is 0 Å². The molecule has 5 nitrogen and oxygen atoms in total. The van der Waals surface area contributed by atoms with Crippen molar-refractivity contribution in [1.29, 1.82) is 0 Å². The van der Waals surface area contributed by atoms with Gasteiger partial charge in [-0.1, -0.05) is 26.0 Å². The first-order valence-corrected chi connectivity index (χ1v) is 8.81. The van der Waals surface area contributed by atoms with Crippen molar-refractivity contribution in [1.82, 2.24) is 5.32 Å². The molecule has 0 saturated carbocycles. The summed E-state index contributed by atoms with van der Waals surface area (Å²) >= 11 is 0. The third-order valence-corrected chi connectivity index (χ3v) is 4.10. The van der Waals surface area contributed by atoms with E-state index in [9.17, 15) is 9.90 Å². The fraction of sp³-hybridized carbons (Fsp3) is 0.381. The number of benzene rings is 2. The van der Waals surface area contributed by atoms with Gasteiger partial charge >= 0.3 is 0 Å². The topological polar surface area (TPSA) is 67.8 Å². The number of carbonyl (C=O) groups is 1. The number of hydrogen-bond donors (Lipinski definition) is 2. The highest BCUT2D eigenvalue weighted by Gasteiger charge is 2.15. The molecule has 140 valence electrons. The summed E-state index contributed by atoms with van der Waals surface area (Å²) in [6.45, 7) is 6.75. The van der Waals surface area contributed by atoms with Gasteiger partial charge in [-0.05, 0) is 55.2 Å². The van der Waals surface area contributed by atoms with Crippen LogP contribution in [0.25, 0.3) is 0 Å². The Morgan fingerprint density at radius 2 is 1.88 bits per heavy atom. The summed E-state index contributed by atoms with van der Waals surface area (Å²) in [6, 6.07) is 11.8. The molecule has 0 aliphatic rings. The molecule has 2 N–H and O–H groups in total. The van der Waals surface area contributed by atoms with Gasteiger partial charge in [-0.25, -0.2) is 0 Å². The van der Waals surface area contributed by atoms with Crippen LogP contribution in [0.5, 0.6) is 17.2 Å². The van der Waals surface area contributed by atoms with E-state index >= 15 is 0 Å². The Bertz CT molecular complexity index is 743. The lowest BCUT2D eigenvalue weighted by atomic mass is 10.1. The van der Waals surface area contributed by atoms with Crippen LogP contribution < -0.4 is 14.8 Å². The van der Waals surface area contributed by atoms with E-state index in [0.717, 1.165) is 12.0 Å². The normalized spacial score (nSPS) is 11.9. The van der Waals surface area contributed by atoms with Crippen LogP contribution in [0, 0.1) is 5.92 Å². The van der Waals surface area contributed by atoms with Crippen LogP contribution in [0.1, 0.15) is 49.2 Å². The Hall–Kier alpha value is -2.69. The number of nitrogens with one attached hydrogen (secondary N) is 1. The van der Waals surface area contributed by atoms with Gasteiger partial charge in [0.1, 0.15) is 5.75 Å². The quantitative estimate of drug-likeness (QED) is 0.738. The van der Waals surface area contributed by atoms with E-state index < -0.39 is 0 Å². The maximum atomic E-state index is 12.5. The predicted molar refractivity (Wildman–Crippen MR) is 102 cm³/mol. The summed E-state index contributed by atoms with van der Waals surface area (Å²) in [5, 5.41) is 12.5. The van der Waals surface area contributed by atoms with E-state index in [0.29, 0.717) is 29.6 Å². The molecule has 26 heavy (non-hydrogen) atoms. The second-order valence-electron chi connectivity index (χ2n) is 6.69. The van der Waals surface area contributed by atoms with Crippen LogP contribution in [-0.4, -0.2) is 24.7 Å². The summed E-state index contributed by atoms with van der Waals surface area (Å²) < 4.78 is 11.1. The molecule has 5 heteroatoms. The Morgan fingerprint density at radius 3 is 2.54 bits per heavy atom. The minimum Gasteiger partial charge on any atom is -0.508 e. The molecule has 2 aromatic carbocycles. The highest BCUT2D eigenvalue weighted by Crippen LogP contribution is 2.29. The number of phenols is 1. The Morgan fingerprint density at radius 1 is 1.12 bits per heavy atom. The highest BCUT2D eigenvalue weighted by atomic mass is 16.5. The number of phenolic OH excluding ortho intramolecular Hbond substituents is 1. The first kappa shape index (κ1) is 19.6. The molecular weight excluding hydrogens is 330 g/mol. The van der Waals surface area contributed by atoms with E-state index in [1.165, 1.54) is 0 Å². The van der Waals surface area contributed by atoms with Gasteiger partial charge in [0.05, 0.1) is 19.8 Å². The van der Waals surface area contributed by atoms with E-state index in [1.54, 1.807) is 43.5 Å². The number of carbonyl (C=O) groups excluding carboxylic acids is 1. The minimum absolute atomic E-state index is 0.174. The fourth-order valence-corrected chi connectivity index (χ4v) is 2.49. The lowest BCUT2D eigenvalue weighted by molar-refractivity contribution is 0.0939. The number of amides is 1. The summed E-state index contributed by atoms with van der Waals surface area (Å²) in [5.74, 6) is 1.68. The predicted octanol–water partition coefficient (Wildman–Crippen LogP) is 4.32. The van der Waals surface area contributed by atoms with Gasteiger partial charge in [0.25, 0.3) is 5.91 Å².